The zero-order chi connectivity index (χ0) is 17.5. The van der Waals surface area contributed by atoms with Gasteiger partial charge in [0.25, 0.3) is 0 Å². The molecule has 2 aromatic carbocycles. The molecule has 0 saturated carbocycles. The van der Waals surface area contributed by atoms with E-state index in [-0.39, 0.29) is 5.91 Å². The van der Waals surface area contributed by atoms with Crippen molar-refractivity contribution < 1.29 is 4.79 Å². The van der Waals surface area contributed by atoms with Crippen molar-refractivity contribution in [1.29, 1.82) is 0 Å². The molecule has 5 heteroatoms. The van der Waals surface area contributed by atoms with E-state index in [2.05, 4.69) is 17.2 Å². The Hall–Kier alpha value is -2.53. The molecule has 3 aromatic rings. The zero-order valence-electron chi connectivity index (χ0n) is 14.2. The lowest BCUT2D eigenvalue weighted by atomic mass is 10.3. The van der Waals surface area contributed by atoms with Crippen molar-refractivity contribution in [3.63, 3.8) is 0 Å². The second kappa shape index (κ2) is 8.53. The Balaban J connectivity index is 1.49. The molecular weight excluding hydrogens is 330 g/mol. The standard InChI is InChI=1S/C20H21N3OS/c1-22(20(24)12-13-25-19-10-6-3-7-11-19)15-17-14-21-23(16-17)18-8-4-2-5-9-18/h2-11,14,16H,12-13,15H2,1H3. The van der Waals surface area contributed by atoms with Crippen LogP contribution in [0.1, 0.15) is 12.0 Å². The molecule has 0 bridgehead atoms. The summed E-state index contributed by atoms with van der Waals surface area (Å²) < 4.78 is 1.83. The Morgan fingerprint density at radius 2 is 1.76 bits per heavy atom. The number of benzene rings is 2. The Kier molecular flexibility index (Phi) is 5.90. The van der Waals surface area contributed by atoms with Crippen LogP contribution >= 0.6 is 11.8 Å². The largest absolute Gasteiger partial charge is 0.341 e. The summed E-state index contributed by atoms with van der Waals surface area (Å²) in [6.45, 7) is 0.571. The predicted molar refractivity (Wildman–Crippen MR) is 102 cm³/mol. The normalized spacial score (nSPS) is 10.6. The molecule has 25 heavy (non-hydrogen) atoms. The van der Waals surface area contributed by atoms with E-state index in [0.717, 1.165) is 17.0 Å². The lowest BCUT2D eigenvalue weighted by Crippen LogP contribution is -2.26. The van der Waals surface area contributed by atoms with Crippen molar-refractivity contribution in [2.24, 2.45) is 0 Å². The molecule has 1 heterocycles. The average Bonchev–Trinajstić information content (AvgIpc) is 3.12. The number of thioether (sulfide) groups is 1. The number of aromatic nitrogens is 2. The molecule has 1 amide bonds. The third-order valence-corrected chi connectivity index (χ3v) is 4.84. The van der Waals surface area contributed by atoms with Crippen LogP contribution in [0.25, 0.3) is 5.69 Å². The molecule has 0 saturated heterocycles. The molecule has 0 unspecified atom stereocenters. The number of amides is 1. The summed E-state index contributed by atoms with van der Waals surface area (Å²) >= 11 is 1.71. The maximum Gasteiger partial charge on any atom is 0.223 e. The van der Waals surface area contributed by atoms with Gasteiger partial charge in [0.1, 0.15) is 0 Å². The molecular formula is C20H21N3OS. The number of nitrogens with zero attached hydrogens (tertiary/aromatic N) is 3. The number of hydrogen-bond acceptors (Lipinski definition) is 3. The topological polar surface area (TPSA) is 38.1 Å². The van der Waals surface area contributed by atoms with Crippen LogP contribution in [0.3, 0.4) is 0 Å². The van der Waals surface area contributed by atoms with E-state index < -0.39 is 0 Å². The van der Waals surface area contributed by atoms with Crippen LogP contribution < -0.4 is 0 Å². The molecule has 0 N–H and O–H groups in total. The van der Waals surface area contributed by atoms with Crippen molar-refractivity contribution in [3.05, 3.63) is 78.6 Å². The lowest BCUT2D eigenvalue weighted by Gasteiger charge is -2.16. The second-order valence-electron chi connectivity index (χ2n) is 5.79. The average molecular weight is 351 g/mol. The highest BCUT2D eigenvalue weighted by Crippen LogP contribution is 2.18. The van der Waals surface area contributed by atoms with Crippen molar-refractivity contribution in [1.82, 2.24) is 14.7 Å². The number of hydrogen-bond donors (Lipinski definition) is 0. The van der Waals surface area contributed by atoms with Gasteiger partial charge in [0.15, 0.2) is 0 Å². The summed E-state index contributed by atoms with van der Waals surface area (Å²) in [7, 11) is 1.84. The minimum Gasteiger partial charge on any atom is -0.341 e. The third-order valence-electron chi connectivity index (χ3n) is 3.83. The van der Waals surface area contributed by atoms with Crippen LogP contribution in [-0.2, 0) is 11.3 Å². The molecule has 0 spiro atoms. The minimum absolute atomic E-state index is 0.149. The number of para-hydroxylation sites is 1. The van der Waals surface area contributed by atoms with Gasteiger partial charge >= 0.3 is 0 Å². The van der Waals surface area contributed by atoms with Crippen LogP contribution in [-0.4, -0.2) is 33.4 Å². The molecule has 0 aliphatic carbocycles. The highest BCUT2D eigenvalue weighted by Gasteiger charge is 2.11. The highest BCUT2D eigenvalue weighted by atomic mass is 32.2. The summed E-state index contributed by atoms with van der Waals surface area (Å²) in [4.78, 5) is 15.3. The van der Waals surface area contributed by atoms with Gasteiger partial charge in [-0.05, 0) is 24.3 Å². The van der Waals surface area contributed by atoms with E-state index in [9.17, 15) is 4.79 Å². The van der Waals surface area contributed by atoms with Gasteiger partial charge in [0.05, 0.1) is 11.9 Å². The van der Waals surface area contributed by atoms with Gasteiger partial charge in [-0.3, -0.25) is 4.79 Å². The first-order valence-electron chi connectivity index (χ1n) is 8.23. The van der Waals surface area contributed by atoms with Gasteiger partial charge in [0.2, 0.25) is 5.91 Å². The van der Waals surface area contributed by atoms with Gasteiger partial charge < -0.3 is 4.90 Å². The molecule has 3 rings (SSSR count). The van der Waals surface area contributed by atoms with Gasteiger partial charge in [-0.15, -0.1) is 11.8 Å². The summed E-state index contributed by atoms with van der Waals surface area (Å²) in [5, 5.41) is 4.38. The van der Waals surface area contributed by atoms with Crippen LogP contribution in [0.2, 0.25) is 0 Å². The predicted octanol–water partition coefficient (Wildman–Crippen LogP) is 4.01. The first-order valence-corrected chi connectivity index (χ1v) is 9.22. The van der Waals surface area contributed by atoms with Gasteiger partial charge in [0, 0.05) is 42.4 Å². The summed E-state index contributed by atoms with van der Waals surface area (Å²) in [5.41, 5.74) is 2.04. The van der Waals surface area contributed by atoms with E-state index >= 15 is 0 Å². The fraction of sp³-hybridized carbons (Fsp3) is 0.200. The molecule has 128 valence electrons. The maximum absolute atomic E-state index is 12.3. The molecule has 0 aliphatic heterocycles. The third kappa shape index (κ3) is 4.97. The van der Waals surface area contributed by atoms with Crippen LogP contribution in [0.4, 0.5) is 0 Å². The second-order valence-corrected chi connectivity index (χ2v) is 6.96. The Morgan fingerprint density at radius 3 is 2.48 bits per heavy atom. The molecule has 4 nitrogen and oxygen atoms in total. The molecule has 0 radical (unpaired) electrons. The van der Waals surface area contributed by atoms with Crippen LogP contribution in [0, 0.1) is 0 Å². The Labute approximate surface area is 152 Å². The molecule has 0 atom stereocenters. The van der Waals surface area contributed by atoms with Gasteiger partial charge in [-0.25, -0.2) is 4.68 Å². The quantitative estimate of drug-likeness (QED) is 0.604. The zero-order valence-corrected chi connectivity index (χ0v) is 15.0. The fourth-order valence-electron chi connectivity index (χ4n) is 2.49. The fourth-order valence-corrected chi connectivity index (χ4v) is 3.35. The van der Waals surface area contributed by atoms with Crippen molar-refractivity contribution >= 4 is 17.7 Å². The number of rotatable bonds is 7. The minimum atomic E-state index is 0.149. The number of carbonyl (C=O) groups is 1. The summed E-state index contributed by atoms with van der Waals surface area (Å²) in [5.74, 6) is 0.937. The molecule has 1 aromatic heterocycles. The Morgan fingerprint density at radius 1 is 1.08 bits per heavy atom. The maximum atomic E-state index is 12.3. The number of carbonyl (C=O) groups excluding carboxylic acids is 1. The van der Waals surface area contributed by atoms with Crippen molar-refractivity contribution in [2.45, 2.75) is 17.9 Å². The van der Waals surface area contributed by atoms with Crippen LogP contribution in [0.15, 0.2) is 78.0 Å². The first kappa shape index (κ1) is 17.3. The highest BCUT2D eigenvalue weighted by molar-refractivity contribution is 7.99. The van der Waals surface area contributed by atoms with E-state index in [1.807, 2.05) is 72.7 Å². The molecule has 0 fully saturated rings. The van der Waals surface area contributed by atoms with E-state index in [0.29, 0.717) is 13.0 Å². The van der Waals surface area contributed by atoms with Crippen LogP contribution in [0.5, 0.6) is 0 Å². The molecule has 0 aliphatic rings. The van der Waals surface area contributed by atoms with Gasteiger partial charge in [-0.1, -0.05) is 36.4 Å². The van der Waals surface area contributed by atoms with Crippen molar-refractivity contribution in [2.75, 3.05) is 12.8 Å². The van der Waals surface area contributed by atoms with Gasteiger partial charge in [-0.2, -0.15) is 5.10 Å². The smallest absolute Gasteiger partial charge is 0.223 e. The summed E-state index contributed by atoms with van der Waals surface area (Å²) in [6, 6.07) is 20.1. The Bertz CT molecular complexity index is 802. The van der Waals surface area contributed by atoms with E-state index in [1.165, 1.54) is 4.90 Å². The first-order chi connectivity index (χ1) is 12.2. The van der Waals surface area contributed by atoms with E-state index in [4.69, 9.17) is 0 Å². The SMILES string of the molecule is CN(Cc1cnn(-c2ccccc2)c1)C(=O)CCSc1ccccc1. The van der Waals surface area contributed by atoms with Crippen molar-refractivity contribution in [3.8, 4) is 5.69 Å². The summed E-state index contributed by atoms with van der Waals surface area (Å²) in [6.07, 6.45) is 4.32. The monoisotopic (exact) mass is 351 g/mol. The van der Waals surface area contributed by atoms with E-state index in [1.54, 1.807) is 16.7 Å². The lowest BCUT2D eigenvalue weighted by molar-refractivity contribution is -0.129.